The fourth-order valence-electron chi connectivity index (χ4n) is 4.39. The largest absolute Gasteiger partial charge is 0.378 e. The first-order valence-electron chi connectivity index (χ1n) is 9.94. The molecule has 0 aromatic heterocycles. The molecule has 0 spiro atoms. The zero-order chi connectivity index (χ0) is 18.7. The number of rotatable bonds is 3. The first kappa shape index (κ1) is 18.1. The Bertz CT molecular complexity index is 786. The molecule has 0 N–H and O–H groups in total. The molecule has 0 aliphatic carbocycles. The van der Waals surface area contributed by atoms with E-state index in [0.29, 0.717) is 0 Å². The van der Waals surface area contributed by atoms with E-state index in [1.54, 1.807) is 0 Å². The van der Waals surface area contributed by atoms with Gasteiger partial charge in [-0.2, -0.15) is 0 Å². The van der Waals surface area contributed by atoms with E-state index in [0.717, 1.165) is 63.5 Å². The smallest absolute Gasteiger partial charge is 0.255 e. The first-order chi connectivity index (χ1) is 13.2. The van der Waals surface area contributed by atoms with Crippen LogP contribution in [-0.2, 0) is 10.2 Å². The number of para-hydroxylation sites is 1. The molecule has 0 bridgehead atoms. The summed E-state index contributed by atoms with van der Waals surface area (Å²) >= 11 is 0. The van der Waals surface area contributed by atoms with Crippen LogP contribution in [0.1, 0.15) is 35.7 Å². The number of piperidine rings is 1. The molecule has 142 valence electrons. The van der Waals surface area contributed by atoms with Gasteiger partial charge in [-0.25, -0.2) is 0 Å². The first-order valence-corrected chi connectivity index (χ1v) is 9.94. The predicted molar refractivity (Wildman–Crippen MR) is 108 cm³/mol. The zero-order valence-electron chi connectivity index (χ0n) is 16.1. The minimum Gasteiger partial charge on any atom is -0.378 e. The van der Waals surface area contributed by atoms with Crippen molar-refractivity contribution in [3.05, 3.63) is 65.7 Å². The van der Waals surface area contributed by atoms with Crippen molar-refractivity contribution in [2.45, 2.75) is 25.2 Å². The number of hydrogen-bond donors (Lipinski definition) is 0. The summed E-state index contributed by atoms with van der Waals surface area (Å²) in [6.45, 7) is 7.01. The van der Waals surface area contributed by atoms with E-state index in [-0.39, 0.29) is 11.3 Å². The molecule has 0 radical (unpaired) electrons. The molecule has 4 heteroatoms. The second kappa shape index (κ2) is 7.73. The van der Waals surface area contributed by atoms with Gasteiger partial charge in [-0.15, -0.1) is 0 Å². The maximum atomic E-state index is 13.5. The second-order valence-corrected chi connectivity index (χ2v) is 7.87. The fraction of sp³-hybridized carbons (Fsp3) is 0.435. The number of morpholine rings is 1. The molecular formula is C23H28N2O2. The topological polar surface area (TPSA) is 32.8 Å². The van der Waals surface area contributed by atoms with E-state index in [1.807, 2.05) is 18.2 Å². The molecule has 2 saturated heterocycles. The molecule has 4 nitrogen and oxygen atoms in total. The number of likely N-dealkylation sites (tertiary alicyclic amines) is 1. The van der Waals surface area contributed by atoms with Crippen LogP contribution in [0.15, 0.2) is 54.6 Å². The van der Waals surface area contributed by atoms with Gasteiger partial charge in [0.25, 0.3) is 5.91 Å². The Hall–Kier alpha value is -2.33. The minimum atomic E-state index is 0.0169. The number of ether oxygens (including phenoxy) is 1. The number of benzene rings is 2. The van der Waals surface area contributed by atoms with Crippen LogP contribution in [0.2, 0.25) is 0 Å². The number of carbonyl (C=O) groups excluding carboxylic acids is 1. The molecule has 0 saturated carbocycles. The minimum absolute atomic E-state index is 0.0169. The molecule has 1 amide bonds. The highest BCUT2D eigenvalue weighted by atomic mass is 16.5. The molecule has 2 aliphatic heterocycles. The standard InChI is InChI=1S/C23H28N2O2/c1-23(19-8-3-2-4-9-19)12-7-13-25(18-23)22(26)20-10-5-6-11-21(20)24-14-16-27-17-15-24/h2-6,8-11H,7,12-18H2,1H3/t23-/m1/s1. The van der Waals surface area contributed by atoms with Crippen molar-refractivity contribution in [3.63, 3.8) is 0 Å². The van der Waals surface area contributed by atoms with Crippen LogP contribution in [0.5, 0.6) is 0 Å². The van der Waals surface area contributed by atoms with E-state index in [4.69, 9.17) is 4.74 Å². The quantitative estimate of drug-likeness (QED) is 0.832. The number of amides is 1. The third-order valence-electron chi connectivity index (χ3n) is 5.94. The lowest BCUT2D eigenvalue weighted by Crippen LogP contribution is -2.47. The molecule has 2 aliphatic rings. The van der Waals surface area contributed by atoms with Crippen LogP contribution in [0, 0.1) is 0 Å². The summed E-state index contributed by atoms with van der Waals surface area (Å²) in [5.74, 6) is 0.152. The van der Waals surface area contributed by atoms with Crippen molar-refractivity contribution in [2.75, 3.05) is 44.3 Å². The SMILES string of the molecule is C[C@@]1(c2ccccc2)CCCN(C(=O)c2ccccc2N2CCOCC2)C1. The Kier molecular flexibility index (Phi) is 5.17. The van der Waals surface area contributed by atoms with Gasteiger partial charge < -0.3 is 14.5 Å². The summed E-state index contributed by atoms with van der Waals surface area (Å²) in [6.07, 6.45) is 2.16. The highest BCUT2D eigenvalue weighted by Crippen LogP contribution is 2.35. The summed E-state index contributed by atoms with van der Waals surface area (Å²) in [7, 11) is 0. The fourth-order valence-corrected chi connectivity index (χ4v) is 4.39. The molecule has 2 heterocycles. The van der Waals surface area contributed by atoms with Gasteiger partial charge in [0.2, 0.25) is 0 Å². The second-order valence-electron chi connectivity index (χ2n) is 7.87. The van der Waals surface area contributed by atoms with E-state index in [1.165, 1.54) is 5.56 Å². The number of anilines is 1. The number of carbonyl (C=O) groups is 1. The van der Waals surface area contributed by atoms with Gasteiger partial charge in [0.15, 0.2) is 0 Å². The van der Waals surface area contributed by atoms with Gasteiger partial charge in [-0.3, -0.25) is 4.79 Å². The van der Waals surface area contributed by atoms with Crippen molar-refractivity contribution >= 4 is 11.6 Å². The normalized spacial score (nSPS) is 23.3. The van der Waals surface area contributed by atoms with Crippen LogP contribution in [0.4, 0.5) is 5.69 Å². The summed E-state index contributed by atoms with van der Waals surface area (Å²) in [6, 6.07) is 18.6. The monoisotopic (exact) mass is 364 g/mol. The summed E-state index contributed by atoms with van der Waals surface area (Å²) in [5, 5.41) is 0. The van der Waals surface area contributed by atoms with Gasteiger partial charge in [0.1, 0.15) is 0 Å². The van der Waals surface area contributed by atoms with Crippen LogP contribution in [0.3, 0.4) is 0 Å². The van der Waals surface area contributed by atoms with Gasteiger partial charge in [0.05, 0.1) is 18.8 Å². The van der Waals surface area contributed by atoms with E-state index in [2.05, 4.69) is 53.1 Å². The Morgan fingerprint density at radius 2 is 1.67 bits per heavy atom. The number of nitrogens with zero attached hydrogens (tertiary/aromatic N) is 2. The molecule has 2 fully saturated rings. The lowest BCUT2D eigenvalue weighted by molar-refractivity contribution is 0.0650. The molecule has 4 rings (SSSR count). The van der Waals surface area contributed by atoms with Gasteiger partial charge in [-0.1, -0.05) is 49.4 Å². The van der Waals surface area contributed by atoms with Crippen molar-refractivity contribution in [3.8, 4) is 0 Å². The average molecular weight is 364 g/mol. The van der Waals surface area contributed by atoms with E-state index >= 15 is 0 Å². The highest BCUT2D eigenvalue weighted by molar-refractivity contribution is 6.00. The molecular weight excluding hydrogens is 336 g/mol. The third-order valence-corrected chi connectivity index (χ3v) is 5.94. The van der Waals surface area contributed by atoms with Gasteiger partial charge in [0, 0.05) is 37.3 Å². The van der Waals surface area contributed by atoms with Gasteiger partial charge in [-0.05, 0) is 30.5 Å². The van der Waals surface area contributed by atoms with Crippen molar-refractivity contribution < 1.29 is 9.53 Å². The highest BCUT2D eigenvalue weighted by Gasteiger charge is 2.35. The third kappa shape index (κ3) is 3.72. The van der Waals surface area contributed by atoms with Crippen molar-refractivity contribution in [1.29, 1.82) is 0 Å². The Morgan fingerprint density at radius 3 is 2.44 bits per heavy atom. The Balaban J connectivity index is 1.58. The maximum Gasteiger partial charge on any atom is 0.255 e. The van der Waals surface area contributed by atoms with Crippen LogP contribution < -0.4 is 4.90 Å². The predicted octanol–water partition coefficient (Wildman–Crippen LogP) is 3.72. The lowest BCUT2D eigenvalue weighted by atomic mass is 9.76. The summed E-state index contributed by atoms with van der Waals surface area (Å²) in [4.78, 5) is 17.8. The Labute approximate surface area is 161 Å². The van der Waals surface area contributed by atoms with Crippen LogP contribution in [-0.4, -0.2) is 50.2 Å². The number of hydrogen-bond acceptors (Lipinski definition) is 3. The van der Waals surface area contributed by atoms with Crippen molar-refractivity contribution in [1.82, 2.24) is 4.90 Å². The summed E-state index contributed by atoms with van der Waals surface area (Å²) in [5.41, 5.74) is 3.20. The van der Waals surface area contributed by atoms with Crippen molar-refractivity contribution in [2.24, 2.45) is 0 Å². The molecule has 0 unspecified atom stereocenters. The molecule has 2 aromatic carbocycles. The van der Waals surface area contributed by atoms with E-state index < -0.39 is 0 Å². The summed E-state index contributed by atoms with van der Waals surface area (Å²) < 4.78 is 5.48. The van der Waals surface area contributed by atoms with Crippen LogP contribution in [0.25, 0.3) is 0 Å². The average Bonchev–Trinajstić information content (AvgIpc) is 2.74. The van der Waals surface area contributed by atoms with E-state index in [9.17, 15) is 4.79 Å². The lowest BCUT2D eigenvalue weighted by Gasteiger charge is -2.41. The van der Waals surface area contributed by atoms with Crippen LogP contribution >= 0.6 is 0 Å². The molecule has 27 heavy (non-hydrogen) atoms. The van der Waals surface area contributed by atoms with Gasteiger partial charge >= 0.3 is 0 Å². The molecule has 1 atom stereocenters. The maximum absolute atomic E-state index is 13.5. The Morgan fingerprint density at radius 1 is 0.963 bits per heavy atom. The zero-order valence-corrected chi connectivity index (χ0v) is 16.1. The molecule has 2 aromatic rings.